The maximum atomic E-state index is 12.5. The Balaban J connectivity index is 1.33. The molecule has 0 radical (unpaired) electrons. The number of rotatable bonds is 7. The molecule has 2 aliphatic heterocycles. The van der Waals surface area contributed by atoms with E-state index in [0.29, 0.717) is 12.3 Å². The number of pyridine rings is 1. The number of carboxylic acid groups (broad SMARTS) is 1. The van der Waals surface area contributed by atoms with Crippen LogP contribution in [-0.2, 0) is 9.59 Å². The lowest BCUT2D eigenvalue weighted by molar-refractivity contribution is -0.138. The second kappa shape index (κ2) is 9.69. The predicted octanol–water partition coefficient (Wildman–Crippen LogP) is 1.70. The summed E-state index contributed by atoms with van der Waals surface area (Å²) in [4.78, 5) is 33.9. The Morgan fingerprint density at radius 2 is 1.67 bits per heavy atom. The normalized spacial score (nSPS) is 19.3. The highest BCUT2D eigenvalue weighted by atomic mass is 16.4. The van der Waals surface area contributed by atoms with Gasteiger partial charge in [0.1, 0.15) is 0 Å². The van der Waals surface area contributed by atoms with Crippen LogP contribution in [0.2, 0.25) is 0 Å². The van der Waals surface area contributed by atoms with Crippen molar-refractivity contribution in [3.8, 4) is 0 Å². The van der Waals surface area contributed by atoms with Crippen molar-refractivity contribution in [3.05, 3.63) is 24.5 Å². The van der Waals surface area contributed by atoms with E-state index in [1.807, 2.05) is 29.4 Å². The highest BCUT2D eigenvalue weighted by Crippen LogP contribution is 2.22. The second-order valence-electron chi connectivity index (χ2n) is 7.54. The summed E-state index contributed by atoms with van der Waals surface area (Å²) in [5.74, 6) is -0.0350. The number of piperidine rings is 1. The molecule has 1 aromatic rings. The zero-order valence-electron chi connectivity index (χ0n) is 15.9. The molecule has 148 valence electrons. The number of nitrogens with zero attached hydrogens (tertiary/aromatic N) is 4. The van der Waals surface area contributed by atoms with E-state index in [-0.39, 0.29) is 12.3 Å². The van der Waals surface area contributed by atoms with Crippen molar-refractivity contribution in [3.63, 3.8) is 0 Å². The van der Waals surface area contributed by atoms with E-state index in [1.165, 1.54) is 5.69 Å². The van der Waals surface area contributed by atoms with Gasteiger partial charge in [0, 0.05) is 76.7 Å². The van der Waals surface area contributed by atoms with E-state index < -0.39 is 5.97 Å². The lowest BCUT2D eigenvalue weighted by Gasteiger charge is -2.36. The SMILES string of the molecule is O=C(O)CCC1CCN(C(=O)CCN2CCN(c3ccncc3)CC2)CC1. The van der Waals surface area contributed by atoms with E-state index in [0.717, 1.165) is 65.1 Å². The van der Waals surface area contributed by atoms with Gasteiger partial charge in [-0.1, -0.05) is 0 Å². The van der Waals surface area contributed by atoms with Crippen LogP contribution in [-0.4, -0.2) is 77.6 Å². The summed E-state index contributed by atoms with van der Waals surface area (Å²) in [6.07, 6.45) is 7.07. The zero-order valence-corrected chi connectivity index (χ0v) is 15.9. The van der Waals surface area contributed by atoms with Crippen molar-refractivity contribution in [1.29, 1.82) is 0 Å². The van der Waals surface area contributed by atoms with Crippen LogP contribution in [0.25, 0.3) is 0 Å². The molecule has 0 aromatic carbocycles. The molecule has 0 aliphatic carbocycles. The Kier molecular flexibility index (Phi) is 7.04. The zero-order chi connectivity index (χ0) is 19.1. The summed E-state index contributed by atoms with van der Waals surface area (Å²) in [6.45, 7) is 6.29. The number of piperazine rings is 1. The molecule has 0 atom stereocenters. The van der Waals surface area contributed by atoms with Gasteiger partial charge in [-0.25, -0.2) is 0 Å². The Bertz CT molecular complexity index is 609. The summed E-state index contributed by atoms with van der Waals surface area (Å²) in [5.41, 5.74) is 1.21. The maximum absolute atomic E-state index is 12.5. The van der Waals surface area contributed by atoms with Crippen molar-refractivity contribution in [2.24, 2.45) is 5.92 Å². The highest BCUT2D eigenvalue weighted by molar-refractivity contribution is 5.76. The summed E-state index contributed by atoms with van der Waals surface area (Å²) in [6, 6.07) is 4.08. The van der Waals surface area contributed by atoms with Gasteiger partial charge in [-0.15, -0.1) is 0 Å². The quantitative estimate of drug-likeness (QED) is 0.783. The van der Waals surface area contributed by atoms with Crippen molar-refractivity contribution >= 4 is 17.6 Å². The topological polar surface area (TPSA) is 77.0 Å². The van der Waals surface area contributed by atoms with Gasteiger partial charge in [0.05, 0.1) is 0 Å². The summed E-state index contributed by atoms with van der Waals surface area (Å²) in [5, 5.41) is 8.78. The number of hydrogen-bond acceptors (Lipinski definition) is 5. The van der Waals surface area contributed by atoms with Crippen molar-refractivity contribution in [2.45, 2.75) is 32.1 Å². The van der Waals surface area contributed by atoms with Crippen molar-refractivity contribution in [2.75, 3.05) is 50.7 Å². The fraction of sp³-hybridized carbons (Fsp3) is 0.650. The van der Waals surface area contributed by atoms with Gasteiger partial charge in [0.25, 0.3) is 0 Å². The molecule has 0 unspecified atom stereocenters. The van der Waals surface area contributed by atoms with Crippen LogP contribution in [0.5, 0.6) is 0 Å². The van der Waals surface area contributed by atoms with E-state index in [2.05, 4.69) is 14.8 Å². The van der Waals surface area contributed by atoms with Crippen LogP contribution >= 0.6 is 0 Å². The average Bonchev–Trinajstić information content (AvgIpc) is 2.72. The number of aromatic nitrogens is 1. The number of hydrogen-bond donors (Lipinski definition) is 1. The molecule has 2 fully saturated rings. The first-order valence-corrected chi connectivity index (χ1v) is 9.98. The number of anilines is 1. The van der Waals surface area contributed by atoms with Crippen LogP contribution in [0.15, 0.2) is 24.5 Å². The smallest absolute Gasteiger partial charge is 0.303 e. The van der Waals surface area contributed by atoms with Gasteiger partial charge in [0.15, 0.2) is 0 Å². The average molecular weight is 374 g/mol. The van der Waals surface area contributed by atoms with E-state index in [9.17, 15) is 9.59 Å². The highest BCUT2D eigenvalue weighted by Gasteiger charge is 2.24. The van der Waals surface area contributed by atoms with Crippen LogP contribution in [0, 0.1) is 5.92 Å². The monoisotopic (exact) mass is 374 g/mol. The summed E-state index contributed by atoms with van der Waals surface area (Å²) < 4.78 is 0. The molecule has 0 bridgehead atoms. The lowest BCUT2D eigenvalue weighted by Crippen LogP contribution is -2.47. The molecule has 0 saturated carbocycles. The first-order valence-electron chi connectivity index (χ1n) is 9.98. The summed E-state index contributed by atoms with van der Waals surface area (Å²) in [7, 11) is 0. The van der Waals surface area contributed by atoms with Crippen LogP contribution in [0.3, 0.4) is 0 Å². The number of carboxylic acids is 1. The van der Waals surface area contributed by atoms with Gasteiger partial charge >= 0.3 is 5.97 Å². The fourth-order valence-corrected chi connectivity index (χ4v) is 4.00. The van der Waals surface area contributed by atoms with Gasteiger partial charge in [-0.05, 0) is 37.3 Å². The minimum Gasteiger partial charge on any atom is -0.481 e. The Morgan fingerprint density at radius 1 is 1.00 bits per heavy atom. The molecule has 1 aromatic heterocycles. The van der Waals surface area contributed by atoms with Gasteiger partial charge in [0.2, 0.25) is 5.91 Å². The number of amides is 1. The van der Waals surface area contributed by atoms with Gasteiger partial charge < -0.3 is 14.9 Å². The first-order chi connectivity index (χ1) is 13.1. The summed E-state index contributed by atoms with van der Waals surface area (Å²) >= 11 is 0. The molecule has 3 heterocycles. The number of likely N-dealkylation sites (tertiary alicyclic amines) is 1. The van der Waals surface area contributed by atoms with E-state index in [4.69, 9.17) is 5.11 Å². The van der Waals surface area contributed by atoms with Crippen LogP contribution < -0.4 is 4.90 Å². The van der Waals surface area contributed by atoms with E-state index in [1.54, 1.807) is 0 Å². The largest absolute Gasteiger partial charge is 0.481 e. The van der Waals surface area contributed by atoms with Gasteiger partial charge in [-0.2, -0.15) is 0 Å². The van der Waals surface area contributed by atoms with Crippen LogP contribution in [0.1, 0.15) is 32.1 Å². The molecule has 1 N–H and O–H groups in total. The molecular weight excluding hydrogens is 344 g/mol. The maximum Gasteiger partial charge on any atom is 0.303 e. The lowest BCUT2D eigenvalue weighted by atomic mass is 9.92. The molecule has 1 amide bonds. The number of aliphatic carboxylic acids is 1. The number of carbonyl (C=O) groups excluding carboxylic acids is 1. The molecule has 3 rings (SSSR count). The molecular formula is C20H30N4O3. The molecule has 7 heteroatoms. The third kappa shape index (κ3) is 5.92. The van der Waals surface area contributed by atoms with Crippen LogP contribution in [0.4, 0.5) is 5.69 Å². The number of carbonyl (C=O) groups is 2. The molecule has 27 heavy (non-hydrogen) atoms. The third-order valence-corrected chi connectivity index (χ3v) is 5.78. The first kappa shape index (κ1) is 19.6. The van der Waals surface area contributed by atoms with Crippen molar-refractivity contribution in [1.82, 2.24) is 14.8 Å². The Morgan fingerprint density at radius 3 is 2.30 bits per heavy atom. The molecule has 2 saturated heterocycles. The fourth-order valence-electron chi connectivity index (χ4n) is 4.00. The molecule has 0 spiro atoms. The molecule has 2 aliphatic rings. The minimum atomic E-state index is -0.725. The van der Waals surface area contributed by atoms with Crippen molar-refractivity contribution < 1.29 is 14.7 Å². The Labute approximate surface area is 161 Å². The second-order valence-corrected chi connectivity index (χ2v) is 7.54. The standard InChI is InChI=1S/C20H30N4O3/c25-19(24-11-5-17(6-12-24)1-2-20(26)27)7-10-22-13-15-23(16-14-22)18-3-8-21-9-4-18/h3-4,8-9,17H,1-2,5-7,10-16H2,(H,26,27). The third-order valence-electron chi connectivity index (χ3n) is 5.78. The minimum absolute atomic E-state index is 0.239. The van der Waals surface area contributed by atoms with Gasteiger partial charge in [-0.3, -0.25) is 19.5 Å². The Hall–Kier alpha value is -2.15. The predicted molar refractivity (Wildman–Crippen MR) is 104 cm³/mol. The molecule has 7 nitrogen and oxygen atoms in total. The van der Waals surface area contributed by atoms with E-state index >= 15 is 0 Å².